The van der Waals surface area contributed by atoms with Gasteiger partial charge in [0.15, 0.2) is 0 Å². The Balaban J connectivity index is 1.92. The molecule has 18 heavy (non-hydrogen) atoms. The average Bonchev–Trinajstić information content (AvgIpc) is 2.35. The molecular weight excluding hydrogens is 237 g/mol. The first kappa shape index (κ1) is 12.8. The standard InChI is InChI=1S/C13H16FNO3/c14-12-2-1-11(16)7-9(12)8-13(17)15-10-3-5-18-6-4-10/h1-2,7,10,16H,3-6,8H2,(H,15,17). The number of carbonyl (C=O) groups excluding carboxylic acids is 1. The lowest BCUT2D eigenvalue weighted by Crippen LogP contribution is -2.39. The highest BCUT2D eigenvalue weighted by Gasteiger charge is 2.17. The number of aromatic hydroxyl groups is 1. The Morgan fingerprint density at radius 3 is 2.89 bits per heavy atom. The van der Waals surface area contributed by atoms with E-state index in [4.69, 9.17) is 4.74 Å². The van der Waals surface area contributed by atoms with E-state index in [1.807, 2.05) is 0 Å². The fourth-order valence-corrected chi connectivity index (χ4v) is 1.99. The van der Waals surface area contributed by atoms with Crippen molar-refractivity contribution < 1.29 is 19.0 Å². The Bertz CT molecular complexity index is 430. The van der Waals surface area contributed by atoms with Crippen LogP contribution in [0.15, 0.2) is 18.2 Å². The predicted octanol–water partition coefficient (Wildman–Crippen LogP) is 1.37. The molecule has 0 unspecified atom stereocenters. The van der Waals surface area contributed by atoms with Gasteiger partial charge in [0.2, 0.25) is 5.91 Å². The number of phenolic OH excluding ortho intramolecular Hbond substituents is 1. The first-order chi connectivity index (χ1) is 8.65. The maximum atomic E-state index is 13.4. The summed E-state index contributed by atoms with van der Waals surface area (Å²) in [4.78, 5) is 11.7. The van der Waals surface area contributed by atoms with Gasteiger partial charge in [-0.15, -0.1) is 0 Å². The van der Waals surface area contributed by atoms with E-state index in [0.717, 1.165) is 18.9 Å². The third-order valence-electron chi connectivity index (χ3n) is 2.97. The van der Waals surface area contributed by atoms with Crippen molar-refractivity contribution in [2.24, 2.45) is 0 Å². The van der Waals surface area contributed by atoms with Gasteiger partial charge in [0.05, 0.1) is 6.42 Å². The number of ether oxygens (including phenoxy) is 1. The molecule has 0 radical (unpaired) electrons. The number of nitrogens with one attached hydrogen (secondary N) is 1. The molecule has 5 heteroatoms. The number of hydrogen-bond donors (Lipinski definition) is 2. The molecule has 1 aromatic rings. The van der Waals surface area contributed by atoms with Crippen LogP contribution < -0.4 is 5.32 Å². The number of hydrogen-bond acceptors (Lipinski definition) is 3. The Hall–Kier alpha value is -1.62. The van der Waals surface area contributed by atoms with E-state index in [0.29, 0.717) is 13.2 Å². The summed E-state index contributed by atoms with van der Waals surface area (Å²) in [5, 5.41) is 12.1. The minimum absolute atomic E-state index is 0.0368. The number of carbonyl (C=O) groups is 1. The molecule has 2 rings (SSSR count). The number of halogens is 1. The SMILES string of the molecule is O=C(Cc1cc(O)ccc1F)NC1CCOCC1. The molecule has 1 heterocycles. The Morgan fingerprint density at radius 1 is 1.44 bits per heavy atom. The van der Waals surface area contributed by atoms with Gasteiger partial charge in [0, 0.05) is 24.8 Å². The van der Waals surface area contributed by atoms with Crippen molar-refractivity contribution in [3.63, 3.8) is 0 Å². The van der Waals surface area contributed by atoms with Crippen LogP contribution in [0, 0.1) is 5.82 Å². The van der Waals surface area contributed by atoms with Crippen molar-refractivity contribution in [3.05, 3.63) is 29.6 Å². The average molecular weight is 253 g/mol. The predicted molar refractivity (Wildman–Crippen MR) is 63.8 cm³/mol. The first-order valence-corrected chi connectivity index (χ1v) is 5.99. The molecule has 98 valence electrons. The summed E-state index contributed by atoms with van der Waals surface area (Å²) >= 11 is 0. The van der Waals surface area contributed by atoms with Gasteiger partial charge < -0.3 is 15.2 Å². The molecule has 1 aliphatic rings. The fraction of sp³-hybridized carbons (Fsp3) is 0.462. The van der Waals surface area contributed by atoms with Crippen molar-refractivity contribution in [3.8, 4) is 5.75 Å². The quantitative estimate of drug-likeness (QED) is 0.855. The van der Waals surface area contributed by atoms with E-state index in [9.17, 15) is 14.3 Å². The Morgan fingerprint density at radius 2 is 2.17 bits per heavy atom. The second kappa shape index (κ2) is 5.82. The minimum Gasteiger partial charge on any atom is -0.508 e. The van der Waals surface area contributed by atoms with Gasteiger partial charge in [0.25, 0.3) is 0 Å². The number of phenols is 1. The molecule has 0 spiro atoms. The van der Waals surface area contributed by atoms with Crippen LogP contribution in [0.2, 0.25) is 0 Å². The molecule has 1 amide bonds. The number of amides is 1. The van der Waals surface area contributed by atoms with Gasteiger partial charge in [-0.3, -0.25) is 4.79 Å². The Labute approximate surface area is 105 Å². The monoisotopic (exact) mass is 253 g/mol. The normalized spacial score (nSPS) is 16.5. The molecule has 1 saturated heterocycles. The molecule has 1 aliphatic heterocycles. The molecule has 0 aliphatic carbocycles. The lowest BCUT2D eigenvalue weighted by atomic mass is 10.1. The number of benzene rings is 1. The van der Waals surface area contributed by atoms with Crippen LogP contribution in [0.3, 0.4) is 0 Å². The van der Waals surface area contributed by atoms with Gasteiger partial charge in [0.1, 0.15) is 11.6 Å². The van der Waals surface area contributed by atoms with Crippen molar-refractivity contribution in [2.75, 3.05) is 13.2 Å². The summed E-state index contributed by atoms with van der Waals surface area (Å²) in [7, 11) is 0. The van der Waals surface area contributed by atoms with Gasteiger partial charge in [-0.05, 0) is 31.0 Å². The topological polar surface area (TPSA) is 58.6 Å². The molecule has 2 N–H and O–H groups in total. The summed E-state index contributed by atoms with van der Waals surface area (Å²) in [6.45, 7) is 1.29. The highest BCUT2D eigenvalue weighted by atomic mass is 19.1. The summed E-state index contributed by atoms with van der Waals surface area (Å²) in [6.07, 6.45) is 1.51. The smallest absolute Gasteiger partial charge is 0.224 e. The van der Waals surface area contributed by atoms with Crippen molar-refractivity contribution in [2.45, 2.75) is 25.3 Å². The van der Waals surface area contributed by atoms with Gasteiger partial charge in [-0.25, -0.2) is 4.39 Å². The van der Waals surface area contributed by atoms with Crippen molar-refractivity contribution >= 4 is 5.91 Å². The van der Waals surface area contributed by atoms with E-state index in [1.165, 1.54) is 12.1 Å². The van der Waals surface area contributed by atoms with E-state index in [-0.39, 0.29) is 29.7 Å². The zero-order valence-corrected chi connectivity index (χ0v) is 9.99. The molecule has 0 bridgehead atoms. The van der Waals surface area contributed by atoms with Crippen LogP contribution in [-0.4, -0.2) is 30.3 Å². The van der Waals surface area contributed by atoms with Crippen molar-refractivity contribution in [1.29, 1.82) is 0 Å². The lowest BCUT2D eigenvalue weighted by Gasteiger charge is -2.23. The van der Waals surface area contributed by atoms with E-state index in [1.54, 1.807) is 0 Å². The first-order valence-electron chi connectivity index (χ1n) is 5.99. The summed E-state index contributed by atoms with van der Waals surface area (Å²) in [5.41, 5.74) is 0.208. The third kappa shape index (κ3) is 3.43. The highest BCUT2D eigenvalue weighted by Crippen LogP contribution is 2.16. The molecular formula is C13H16FNO3. The van der Waals surface area contributed by atoms with Crippen LogP contribution in [0.4, 0.5) is 4.39 Å². The van der Waals surface area contributed by atoms with Crippen LogP contribution in [0.1, 0.15) is 18.4 Å². The van der Waals surface area contributed by atoms with Crippen LogP contribution in [0.25, 0.3) is 0 Å². The second-order valence-electron chi connectivity index (χ2n) is 4.41. The fourth-order valence-electron chi connectivity index (χ4n) is 1.99. The van der Waals surface area contributed by atoms with Gasteiger partial charge >= 0.3 is 0 Å². The maximum Gasteiger partial charge on any atom is 0.224 e. The molecule has 0 saturated carbocycles. The van der Waals surface area contributed by atoms with Crippen LogP contribution >= 0.6 is 0 Å². The minimum atomic E-state index is -0.477. The van der Waals surface area contributed by atoms with Gasteiger partial charge in [-0.2, -0.15) is 0 Å². The van der Waals surface area contributed by atoms with E-state index < -0.39 is 5.82 Å². The molecule has 0 atom stereocenters. The summed E-state index contributed by atoms with van der Waals surface area (Å²) in [6, 6.07) is 3.80. The van der Waals surface area contributed by atoms with Crippen molar-refractivity contribution in [1.82, 2.24) is 5.32 Å². The second-order valence-corrected chi connectivity index (χ2v) is 4.41. The number of rotatable bonds is 3. The largest absolute Gasteiger partial charge is 0.508 e. The lowest BCUT2D eigenvalue weighted by molar-refractivity contribution is -0.121. The maximum absolute atomic E-state index is 13.4. The third-order valence-corrected chi connectivity index (χ3v) is 2.97. The zero-order chi connectivity index (χ0) is 13.0. The summed E-state index contributed by atoms with van der Waals surface area (Å²) < 4.78 is 18.6. The van der Waals surface area contributed by atoms with Gasteiger partial charge in [-0.1, -0.05) is 0 Å². The Kier molecular flexibility index (Phi) is 4.15. The highest BCUT2D eigenvalue weighted by molar-refractivity contribution is 5.79. The van der Waals surface area contributed by atoms with Crippen LogP contribution in [0.5, 0.6) is 5.75 Å². The molecule has 4 nitrogen and oxygen atoms in total. The summed E-state index contributed by atoms with van der Waals surface area (Å²) in [5.74, 6) is -0.744. The molecule has 1 fully saturated rings. The van der Waals surface area contributed by atoms with E-state index >= 15 is 0 Å². The zero-order valence-electron chi connectivity index (χ0n) is 9.99. The van der Waals surface area contributed by atoms with E-state index in [2.05, 4.69) is 5.32 Å². The molecule has 1 aromatic carbocycles. The van der Waals surface area contributed by atoms with Crippen LogP contribution in [-0.2, 0) is 16.0 Å². The molecule has 0 aromatic heterocycles.